The number of nitrogens with zero attached hydrogens (tertiary/aromatic N) is 2. The number of carbonyl (C=O) groups is 1. The molecule has 0 saturated carbocycles. The topological polar surface area (TPSA) is 89.7 Å². The first kappa shape index (κ1) is 22.0. The Hall–Kier alpha value is -3.49. The van der Waals surface area contributed by atoms with Crippen LogP contribution in [0.25, 0.3) is 33.6 Å². The zero-order valence-corrected chi connectivity index (χ0v) is 20.0. The summed E-state index contributed by atoms with van der Waals surface area (Å²) in [6.07, 6.45) is 3.89. The molecule has 0 aliphatic carbocycles. The molecule has 1 spiro atoms. The van der Waals surface area contributed by atoms with E-state index in [9.17, 15) is 13.2 Å². The largest absolute Gasteiger partial charge is 0.454 e. The van der Waals surface area contributed by atoms with Gasteiger partial charge in [-0.15, -0.1) is 0 Å². The van der Waals surface area contributed by atoms with Crippen LogP contribution in [0.5, 0.6) is 0 Å². The van der Waals surface area contributed by atoms with E-state index < -0.39 is 9.84 Å². The fourth-order valence-electron chi connectivity index (χ4n) is 4.91. The first-order valence-corrected chi connectivity index (χ1v) is 13.4. The Morgan fingerprint density at radius 3 is 2.51 bits per heavy atom. The molecule has 2 saturated heterocycles. The maximum atomic E-state index is 13.2. The second-order valence-electron chi connectivity index (χ2n) is 9.53. The van der Waals surface area contributed by atoms with Crippen molar-refractivity contribution in [2.75, 3.05) is 32.6 Å². The molecule has 178 valence electrons. The van der Waals surface area contributed by atoms with Gasteiger partial charge in [0.1, 0.15) is 11.3 Å². The van der Waals surface area contributed by atoms with Crippen LogP contribution < -0.4 is 0 Å². The monoisotopic (exact) mass is 488 g/mol. The second-order valence-corrected chi connectivity index (χ2v) is 11.5. The van der Waals surface area contributed by atoms with Crippen LogP contribution in [0.4, 0.5) is 0 Å². The highest BCUT2D eigenvalue weighted by Gasteiger charge is 2.45. The predicted octanol–water partition coefficient (Wildman–Crippen LogP) is 4.43. The van der Waals surface area contributed by atoms with Crippen LogP contribution in [-0.2, 0) is 14.6 Å². The number of amides is 1. The summed E-state index contributed by atoms with van der Waals surface area (Å²) in [7, 11) is -3.27. The van der Waals surface area contributed by atoms with Crippen molar-refractivity contribution < 1.29 is 22.4 Å². The Morgan fingerprint density at radius 2 is 1.83 bits per heavy atom. The van der Waals surface area contributed by atoms with Gasteiger partial charge in [-0.1, -0.05) is 12.1 Å². The number of sulfone groups is 1. The predicted molar refractivity (Wildman–Crippen MR) is 132 cm³/mol. The van der Waals surface area contributed by atoms with Gasteiger partial charge in [-0.2, -0.15) is 0 Å². The number of hydrogen-bond acceptors (Lipinski definition) is 6. The number of likely N-dealkylation sites (tertiary alicyclic amines) is 1. The van der Waals surface area contributed by atoms with E-state index in [1.807, 2.05) is 41.3 Å². The van der Waals surface area contributed by atoms with E-state index >= 15 is 0 Å². The number of ether oxygens (including phenoxy) is 1. The molecule has 7 nitrogen and oxygen atoms in total. The van der Waals surface area contributed by atoms with Crippen LogP contribution in [0.2, 0.25) is 0 Å². The number of fused-ring (bicyclic) bond motifs is 1. The Morgan fingerprint density at radius 1 is 1.03 bits per heavy atom. The molecule has 1 amide bonds. The van der Waals surface area contributed by atoms with E-state index in [1.165, 1.54) is 6.26 Å². The van der Waals surface area contributed by atoms with Gasteiger partial charge in [0.05, 0.1) is 18.1 Å². The minimum Gasteiger partial charge on any atom is -0.454 e. The van der Waals surface area contributed by atoms with Crippen LogP contribution >= 0.6 is 0 Å². The lowest BCUT2D eigenvalue weighted by Gasteiger charge is -2.37. The molecule has 8 heteroatoms. The first-order chi connectivity index (χ1) is 16.8. The third-order valence-corrected chi connectivity index (χ3v) is 8.07. The van der Waals surface area contributed by atoms with Crippen molar-refractivity contribution in [3.8, 4) is 22.5 Å². The van der Waals surface area contributed by atoms with Crippen LogP contribution in [0.3, 0.4) is 0 Å². The normalized spacial score (nSPS) is 17.1. The summed E-state index contributed by atoms with van der Waals surface area (Å²) in [4.78, 5) is 19.8. The van der Waals surface area contributed by atoms with Crippen LogP contribution in [-0.4, -0.2) is 56.8 Å². The van der Waals surface area contributed by atoms with Crippen LogP contribution in [0, 0.1) is 5.41 Å². The quantitative estimate of drug-likeness (QED) is 0.422. The van der Waals surface area contributed by atoms with Crippen molar-refractivity contribution in [3.63, 3.8) is 0 Å². The zero-order valence-electron chi connectivity index (χ0n) is 19.2. The van der Waals surface area contributed by atoms with Crippen molar-refractivity contribution in [2.24, 2.45) is 5.41 Å². The average Bonchev–Trinajstić information content (AvgIpc) is 3.48. The number of carbonyl (C=O) groups excluding carboxylic acids is 1. The summed E-state index contributed by atoms with van der Waals surface area (Å²) >= 11 is 0. The molecule has 0 bridgehead atoms. The van der Waals surface area contributed by atoms with Crippen molar-refractivity contribution in [2.45, 2.75) is 11.3 Å². The number of rotatable bonds is 4. The summed E-state index contributed by atoms with van der Waals surface area (Å²) in [6, 6.07) is 17.9. The lowest BCUT2D eigenvalue weighted by Crippen LogP contribution is -2.45. The molecule has 0 atom stereocenters. The molecule has 0 radical (unpaired) electrons. The Balaban J connectivity index is 1.32. The molecule has 2 fully saturated rings. The Labute approximate surface area is 203 Å². The van der Waals surface area contributed by atoms with Crippen molar-refractivity contribution in [3.05, 3.63) is 72.4 Å². The Bertz CT molecular complexity index is 1550. The van der Waals surface area contributed by atoms with Gasteiger partial charge in [0, 0.05) is 53.7 Å². The molecule has 2 aromatic carbocycles. The van der Waals surface area contributed by atoms with E-state index in [0.717, 1.165) is 49.4 Å². The van der Waals surface area contributed by atoms with Gasteiger partial charge in [0.15, 0.2) is 15.4 Å². The fraction of sp³-hybridized carbons (Fsp3) is 0.259. The molecule has 35 heavy (non-hydrogen) atoms. The number of benzene rings is 2. The SMILES string of the molecule is CS(=O)(=O)c1ccc(-c2cc3nccc(-c4cccc(C(=O)N5CCC6(COC6)C5)c4)c3o2)cc1. The van der Waals surface area contributed by atoms with Crippen LogP contribution in [0.15, 0.2) is 76.2 Å². The number of furan rings is 1. The summed E-state index contributed by atoms with van der Waals surface area (Å²) in [6.45, 7) is 2.98. The summed E-state index contributed by atoms with van der Waals surface area (Å²) in [5.41, 5.74) is 4.57. The van der Waals surface area contributed by atoms with E-state index in [-0.39, 0.29) is 16.2 Å². The van der Waals surface area contributed by atoms with Gasteiger partial charge >= 0.3 is 0 Å². The van der Waals surface area contributed by atoms with Gasteiger partial charge in [-0.3, -0.25) is 9.78 Å². The summed E-state index contributed by atoms with van der Waals surface area (Å²) in [5, 5.41) is 0. The van der Waals surface area contributed by atoms with E-state index in [0.29, 0.717) is 22.4 Å². The zero-order chi connectivity index (χ0) is 24.2. The molecule has 4 heterocycles. The van der Waals surface area contributed by atoms with E-state index in [1.54, 1.807) is 30.5 Å². The third-order valence-electron chi connectivity index (χ3n) is 6.94. The average molecular weight is 489 g/mol. The number of aromatic nitrogens is 1. The second kappa shape index (κ2) is 8.03. The van der Waals surface area contributed by atoms with Gasteiger partial charge in [-0.05, 0) is 54.4 Å². The molecular weight excluding hydrogens is 464 g/mol. The van der Waals surface area contributed by atoms with Gasteiger partial charge < -0.3 is 14.1 Å². The maximum absolute atomic E-state index is 13.2. The lowest BCUT2D eigenvalue weighted by molar-refractivity contribution is -0.103. The highest BCUT2D eigenvalue weighted by molar-refractivity contribution is 7.90. The minimum atomic E-state index is -3.27. The van der Waals surface area contributed by atoms with Gasteiger partial charge in [0.25, 0.3) is 5.91 Å². The number of pyridine rings is 1. The van der Waals surface area contributed by atoms with Crippen LogP contribution in [0.1, 0.15) is 16.8 Å². The Kier molecular flexibility index (Phi) is 5.05. The fourth-order valence-corrected chi connectivity index (χ4v) is 5.54. The van der Waals surface area contributed by atoms with Gasteiger partial charge in [-0.25, -0.2) is 8.42 Å². The molecule has 6 rings (SSSR count). The van der Waals surface area contributed by atoms with E-state index in [4.69, 9.17) is 9.15 Å². The summed E-state index contributed by atoms with van der Waals surface area (Å²) in [5.74, 6) is 0.629. The molecule has 0 N–H and O–H groups in total. The third kappa shape index (κ3) is 3.92. The lowest BCUT2D eigenvalue weighted by atomic mass is 9.85. The smallest absolute Gasteiger partial charge is 0.253 e. The molecule has 2 aliphatic rings. The molecular formula is C27H24N2O5S. The van der Waals surface area contributed by atoms with Crippen molar-refractivity contribution in [1.82, 2.24) is 9.88 Å². The van der Waals surface area contributed by atoms with E-state index in [2.05, 4.69) is 4.98 Å². The standard InChI is InChI=1S/C27H24N2O5S/c1-35(31,32)21-7-5-18(6-8-21)24-14-23-25(34-24)22(9-11-28-23)19-3-2-4-20(13-19)26(30)29-12-10-27(15-29)16-33-17-27/h2-9,11,13-14H,10,12,15-17H2,1H3. The maximum Gasteiger partial charge on any atom is 0.253 e. The highest BCUT2D eigenvalue weighted by Crippen LogP contribution is 2.38. The molecule has 2 aromatic heterocycles. The van der Waals surface area contributed by atoms with Crippen molar-refractivity contribution >= 4 is 26.8 Å². The minimum absolute atomic E-state index is 0.0343. The first-order valence-electron chi connectivity index (χ1n) is 11.5. The molecule has 4 aromatic rings. The van der Waals surface area contributed by atoms with Crippen molar-refractivity contribution in [1.29, 1.82) is 0 Å². The molecule has 0 unspecified atom stereocenters. The highest BCUT2D eigenvalue weighted by atomic mass is 32.2. The molecule has 2 aliphatic heterocycles. The summed E-state index contributed by atoms with van der Waals surface area (Å²) < 4.78 is 35.1. The van der Waals surface area contributed by atoms with Gasteiger partial charge in [0.2, 0.25) is 0 Å². The number of hydrogen-bond donors (Lipinski definition) is 0.